The van der Waals surface area contributed by atoms with Crippen molar-refractivity contribution < 1.29 is 19.4 Å². The number of hydrogen-bond acceptors (Lipinski definition) is 4. The average Bonchev–Trinajstić information content (AvgIpc) is 2.64. The summed E-state index contributed by atoms with van der Waals surface area (Å²) in [6.45, 7) is 6.68. The monoisotopic (exact) mass is 354 g/mol. The fourth-order valence-corrected chi connectivity index (χ4v) is 3.06. The molecule has 3 rings (SSSR count). The van der Waals surface area contributed by atoms with Crippen LogP contribution in [-0.2, 0) is 4.74 Å². The van der Waals surface area contributed by atoms with Gasteiger partial charge in [0.1, 0.15) is 0 Å². The second-order valence-electron chi connectivity index (χ2n) is 6.39. The Kier molecular flexibility index (Phi) is 5.23. The molecule has 1 aliphatic rings. The molecule has 136 valence electrons. The first kappa shape index (κ1) is 17.9. The van der Waals surface area contributed by atoms with Crippen LogP contribution >= 0.6 is 0 Å². The highest BCUT2D eigenvalue weighted by Gasteiger charge is 2.15. The molecule has 0 aliphatic carbocycles. The van der Waals surface area contributed by atoms with Gasteiger partial charge in [0.05, 0.1) is 18.8 Å². The lowest BCUT2D eigenvalue weighted by Gasteiger charge is -2.28. The van der Waals surface area contributed by atoms with Gasteiger partial charge in [-0.15, -0.1) is 0 Å². The SMILES string of the molecule is Cc1cc(C)c(C(=O)O)cc1NC(=O)c1ccc(N2CCOCC2)cc1. The summed E-state index contributed by atoms with van der Waals surface area (Å²) < 4.78 is 5.35. The number of aryl methyl sites for hydroxylation is 2. The van der Waals surface area contributed by atoms with Crippen LogP contribution in [-0.4, -0.2) is 43.3 Å². The summed E-state index contributed by atoms with van der Waals surface area (Å²) in [5, 5.41) is 12.1. The Labute approximate surface area is 152 Å². The molecule has 6 heteroatoms. The van der Waals surface area contributed by atoms with E-state index < -0.39 is 5.97 Å². The van der Waals surface area contributed by atoms with Crippen molar-refractivity contribution in [3.05, 3.63) is 58.7 Å². The second kappa shape index (κ2) is 7.58. The fraction of sp³-hybridized carbons (Fsp3) is 0.300. The van der Waals surface area contributed by atoms with Gasteiger partial charge in [-0.05, 0) is 55.3 Å². The molecule has 0 saturated carbocycles. The molecule has 26 heavy (non-hydrogen) atoms. The highest BCUT2D eigenvalue weighted by molar-refractivity contribution is 6.05. The van der Waals surface area contributed by atoms with Crippen LogP contribution in [0.1, 0.15) is 31.8 Å². The molecule has 2 aromatic rings. The minimum Gasteiger partial charge on any atom is -0.478 e. The summed E-state index contributed by atoms with van der Waals surface area (Å²) >= 11 is 0. The molecule has 1 amide bonds. The number of benzene rings is 2. The lowest BCUT2D eigenvalue weighted by atomic mass is 10.0. The van der Waals surface area contributed by atoms with Gasteiger partial charge >= 0.3 is 5.97 Å². The number of anilines is 2. The molecule has 6 nitrogen and oxygen atoms in total. The molecule has 1 saturated heterocycles. The highest BCUT2D eigenvalue weighted by atomic mass is 16.5. The smallest absolute Gasteiger partial charge is 0.336 e. The van der Waals surface area contributed by atoms with Crippen LogP contribution in [0.4, 0.5) is 11.4 Å². The Morgan fingerprint density at radius 1 is 1.04 bits per heavy atom. The minimum atomic E-state index is -1.01. The molecule has 0 spiro atoms. The van der Waals surface area contributed by atoms with Crippen molar-refractivity contribution in [1.29, 1.82) is 0 Å². The van der Waals surface area contributed by atoms with Crippen LogP contribution in [0, 0.1) is 13.8 Å². The zero-order valence-electron chi connectivity index (χ0n) is 14.9. The second-order valence-corrected chi connectivity index (χ2v) is 6.39. The fourth-order valence-electron chi connectivity index (χ4n) is 3.06. The largest absolute Gasteiger partial charge is 0.478 e. The van der Waals surface area contributed by atoms with E-state index in [0.717, 1.165) is 24.3 Å². The standard InChI is InChI=1S/C20H22N2O4/c1-13-11-14(2)18(12-17(13)20(24)25)21-19(23)15-3-5-16(6-4-15)22-7-9-26-10-8-22/h3-6,11-12H,7-10H2,1-2H3,(H,21,23)(H,24,25). The first-order valence-corrected chi connectivity index (χ1v) is 8.54. The van der Waals surface area contributed by atoms with E-state index in [-0.39, 0.29) is 11.5 Å². The predicted octanol–water partition coefficient (Wildman–Crippen LogP) is 3.09. The van der Waals surface area contributed by atoms with Crippen molar-refractivity contribution in [2.24, 2.45) is 0 Å². The molecule has 2 aromatic carbocycles. The van der Waals surface area contributed by atoms with E-state index in [0.29, 0.717) is 30.0 Å². The maximum absolute atomic E-state index is 12.5. The first-order chi connectivity index (χ1) is 12.5. The molecule has 0 bridgehead atoms. The van der Waals surface area contributed by atoms with Crippen molar-refractivity contribution >= 4 is 23.3 Å². The molecule has 2 N–H and O–H groups in total. The normalized spacial score (nSPS) is 14.2. The van der Waals surface area contributed by atoms with Gasteiger partial charge in [-0.25, -0.2) is 4.79 Å². The minimum absolute atomic E-state index is 0.188. The van der Waals surface area contributed by atoms with Crippen LogP contribution in [0.25, 0.3) is 0 Å². The molecule has 0 atom stereocenters. The van der Waals surface area contributed by atoms with Crippen molar-refractivity contribution in [1.82, 2.24) is 0 Å². The lowest BCUT2D eigenvalue weighted by Crippen LogP contribution is -2.36. The molecule has 1 fully saturated rings. The van der Waals surface area contributed by atoms with Gasteiger partial charge in [0, 0.05) is 30.0 Å². The number of carbonyl (C=O) groups is 2. The van der Waals surface area contributed by atoms with E-state index in [1.807, 2.05) is 19.1 Å². The van der Waals surface area contributed by atoms with Crippen molar-refractivity contribution in [2.45, 2.75) is 13.8 Å². The third-order valence-electron chi connectivity index (χ3n) is 4.56. The zero-order chi connectivity index (χ0) is 18.7. The van der Waals surface area contributed by atoms with Gasteiger partial charge in [-0.1, -0.05) is 6.07 Å². The van der Waals surface area contributed by atoms with Crippen LogP contribution in [0.2, 0.25) is 0 Å². The maximum atomic E-state index is 12.5. The van der Waals surface area contributed by atoms with E-state index in [4.69, 9.17) is 4.74 Å². The van der Waals surface area contributed by atoms with Crippen LogP contribution in [0.5, 0.6) is 0 Å². The number of nitrogens with one attached hydrogen (secondary N) is 1. The van der Waals surface area contributed by atoms with Gasteiger partial charge in [0.15, 0.2) is 0 Å². The quantitative estimate of drug-likeness (QED) is 0.882. The van der Waals surface area contributed by atoms with Crippen LogP contribution in [0.15, 0.2) is 36.4 Å². The predicted molar refractivity (Wildman–Crippen MR) is 100 cm³/mol. The van der Waals surface area contributed by atoms with E-state index in [1.165, 1.54) is 6.07 Å². The van der Waals surface area contributed by atoms with Crippen molar-refractivity contribution in [3.63, 3.8) is 0 Å². The number of ether oxygens (including phenoxy) is 1. The molecule has 1 aliphatic heterocycles. The van der Waals surface area contributed by atoms with Gasteiger partial charge in [-0.3, -0.25) is 4.79 Å². The van der Waals surface area contributed by atoms with Crippen LogP contribution < -0.4 is 10.2 Å². The van der Waals surface area contributed by atoms with Gasteiger partial charge in [0.25, 0.3) is 5.91 Å². The lowest BCUT2D eigenvalue weighted by molar-refractivity contribution is 0.0695. The Balaban J connectivity index is 1.76. The number of carbonyl (C=O) groups excluding carboxylic acids is 1. The Morgan fingerprint density at radius 2 is 1.69 bits per heavy atom. The van der Waals surface area contributed by atoms with Gasteiger partial charge in [0.2, 0.25) is 0 Å². The highest BCUT2D eigenvalue weighted by Crippen LogP contribution is 2.22. The van der Waals surface area contributed by atoms with Gasteiger partial charge < -0.3 is 20.1 Å². The summed E-state index contributed by atoms with van der Waals surface area (Å²) in [5.41, 5.74) is 3.78. The number of carboxylic acid groups (broad SMARTS) is 1. The number of aromatic carboxylic acids is 1. The third-order valence-corrected chi connectivity index (χ3v) is 4.56. The molecule has 1 heterocycles. The van der Waals surface area contributed by atoms with Crippen LogP contribution in [0.3, 0.4) is 0 Å². The number of morpholine rings is 1. The summed E-state index contributed by atoms with van der Waals surface area (Å²) in [5.74, 6) is -1.27. The molecular formula is C20H22N2O4. The first-order valence-electron chi connectivity index (χ1n) is 8.54. The molecular weight excluding hydrogens is 332 g/mol. The van der Waals surface area contributed by atoms with Crippen molar-refractivity contribution in [2.75, 3.05) is 36.5 Å². The summed E-state index contributed by atoms with van der Waals surface area (Å²) in [6.07, 6.45) is 0. The average molecular weight is 354 g/mol. The Morgan fingerprint density at radius 3 is 2.31 bits per heavy atom. The molecule has 0 radical (unpaired) electrons. The van der Waals surface area contributed by atoms with E-state index >= 15 is 0 Å². The Hall–Kier alpha value is -2.86. The van der Waals surface area contributed by atoms with E-state index in [9.17, 15) is 14.7 Å². The Bertz CT molecular complexity index is 824. The number of amides is 1. The van der Waals surface area contributed by atoms with E-state index in [2.05, 4.69) is 10.2 Å². The van der Waals surface area contributed by atoms with Crippen molar-refractivity contribution in [3.8, 4) is 0 Å². The maximum Gasteiger partial charge on any atom is 0.336 e. The summed E-state index contributed by atoms with van der Waals surface area (Å²) in [7, 11) is 0. The third kappa shape index (κ3) is 3.86. The topological polar surface area (TPSA) is 78.9 Å². The zero-order valence-corrected chi connectivity index (χ0v) is 14.9. The summed E-state index contributed by atoms with van der Waals surface area (Å²) in [4.78, 5) is 26.0. The number of hydrogen-bond donors (Lipinski definition) is 2. The summed E-state index contributed by atoms with van der Waals surface area (Å²) in [6, 6.07) is 10.7. The number of rotatable bonds is 4. The molecule has 0 unspecified atom stereocenters. The molecule has 0 aromatic heterocycles. The number of carboxylic acids is 1. The van der Waals surface area contributed by atoms with Gasteiger partial charge in [-0.2, -0.15) is 0 Å². The van der Waals surface area contributed by atoms with E-state index in [1.54, 1.807) is 25.1 Å². The number of nitrogens with zero attached hydrogens (tertiary/aromatic N) is 1.